The number of amides is 1. The van der Waals surface area contributed by atoms with Crippen molar-refractivity contribution >= 4 is 5.91 Å². The van der Waals surface area contributed by atoms with Gasteiger partial charge in [0.05, 0.1) is 13.2 Å². The molecular formula is C16H23NO3. The zero-order valence-electron chi connectivity index (χ0n) is 12.2. The minimum atomic E-state index is -0.498. The summed E-state index contributed by atoms with van der Waals surface area (Å²) < 4.78 is 5.25. The highest BCUT2D eigenvalue weighted by Gasteiger charge is 2.23. The summed E-state index contributed by atoms with van der Waals surface area (Å²) in [5, 5.41) is 12.0. The third-order valence-corrected chi connectivity index (χ3v) is 3.82. The van der Waals surface area contributed by atoms with Gasteiger partial charge in [-0.2, -0.15) is 0 Å². The molecule has 1 aliphatic carbocycles. The monoisotopic (exact) mass is 277 g/mol. The topological polar surface area (TPSA) is 58.6 Å². The Balaban J connectivity index is 2.03. The van der Waals surface area contributed by atoms with Gasteiger partial charge in [-0.05, 0) is 55.4 Å². The molecule has 4 nitrogen and oxygen atoms in total. The summed E-state index contributed by atoms with van der Waals surface area (Å²) >= 11 is 0. The maximum atomic E-state index is 11.9. The Labute approximate surface area is 120 Å². The molecule has 0 aliphatic heterocycles. The number of aliphatic hydroxyl groups is 1. The molecule has 0 bridgehead atoms. The molecule has 2 N–H and O–H groups in total. The normalized spacial score (nSPS) is 19.1. The standard InChI is InChI=1S/C16H23NO3/c1-11(18)10-17-16(19)9-13-5-3-4-12-8-14(20-2)6-7-15(12)13/h6-8,11,13,18H,3-5,9-10H2,1-2H3,(H,17,19). The lowest BCUT2D eigenvalue weighted by atomic mass is 9.81. The molecule has 0 radical (unpaired) electrons. The van der Waals surface area contributed by atoms with Crippen LogP contribution < -0.4 is 10.1 Å². The minimum absolute atomic E-state index is 0.0135. The second-order valence-corrected chi connectivity index (χ2v) is 5.51. The summed E-state index contributed by atoms with van der Waals surface area (Å²) in [6.07, 6.45) is 3.20. The Bertz CT molecular complexity index is 471. The summed E-state index contributed by atoms with van der Waals surface area (Å²) in [6.45, 7) is 1.99. The zero-order valence-corrected chi connectivity index (χ0v) is 12.2. The van der Waals surface area contributed by atoms with E-state index in [4.69, 9.17) is 4.74 Å². The van der Waals surface area contributed by atoms with Crippen molar-refractivity contribution in [3.05, 3.63) is 29.3 Å². The summed E-state index contributed by atoms with van der Waals surface area (Å²) in [7, 11) is 1.67. The van der Waals surface area contributed by atoms with Crippen molar-refractivity contribution in [2.45, 2.75) is 44.6 Å². The zero-order chi connectivity index (χ0) is 14.5. The van der Waals surface area contributed by atoms with Crippen molar-refractivity contribution in [3.8, 4) is 5.75 Å². The van der Waals surface area contributed by atoms with Crippen LogP contribution in [0.15, 0.2) is 18.2 Å². The van der Waals surface area contributed by atoms with Crippen LogP contribution in [0, 0.1) is 0 Å². The number of rotatable bonds is 5. The lowest BCUT2D eigenvalue weighted by Crippen LogP contribution is -2.31. The fourth-order valence-corrected chi connectivity index (χ4v) is 2.79. The minimum Gasteiger partial charge on any atom is -0.497 e. The van der Waals surface area contributed by atoms with E-state index < -0.39 is 6.10 Å². The number of carbonyl (C=O) groups excluding carboxylic acids is 1. The first kappa shape index (κ1) is 14.9. The molecule has 110 valence electrons. The number of nitrogens with one attached hydrogen (secondary N) is 1. The van der Waals surface area contributed by atoms with Gasteiger partial charge in [-0.1, -0.05) is 6.07 Å². The van der Waals surface area contributed by atoms with Crippen molar-refractivity contribution in [2.24, 2.45) is 0 Å². The van der Waals surface area contributed by atoms with Crippen LogP contribution >= 0.6 is 0 Å². The van der Waals surface area contributed by atoms with E-state index in [0.29, 0.717) is 13.0 Å². The van der Waals surface area contributed by atoms with Gasteiger partial charge in [0.15, 0.2) is 0 Å². The molecular weight excluding hydrogens is 254 g/mol. The number of carbonyl (C=O) groups is 1. The van der Waals surface area contributed by atoms with E-state index >= 15 is 0 Å². The van der Waals surface area contributed by atoms with Crippen LogP contribution in [0.5, 0.6) is 5.75 Å². The molecule has 2 atom stereocenters. The molecule has 1 aromatic carbocycles. The van der Waals surface area contributed by atoms with Gasteiger partial charge in [-0.25, -0.2) is 0 Å². The first-order valence-corrected chi connectivity index (χ1v) is 7.21. The third-order valence-electron chi connectivity index (χ3n) is 3.82. The van der Waals surface area contributed by atoms with Crippen molar-refractivity contribution in [1.82, 2.24) is 5.32 Å². The lowest BCUT2D eigenvalue weighted by Gasteiger charge is -2.25. The maximum Gasteiger partial charge on any atom is 0.220 e. The second-order valence-electron chi connectivity index (χ2n) is 5.51. The van der Waals surface area contributed by atoms with E-state index in [2.05, 4.69) is 17.4 Å². The number of methoxy groups -OCH3 is 1. The molecule has 0 spiro atoms. The van der Waals surface area contributed by atoms with Crippen LogP contribution in [0.2, 0.25) is 0 Å². The van der Waals surface area contributed by atoms with Crippen LogP contribution in [0.1, 0.15) is 43.2 Å². The van der Waals surface area contributed by atoms with Crippen LogP contribution in [0.4, 0.5) is 0 Å². The molecule has 20 heavy (non-hydrogen) atoms. The van der Waals surface area contributed by atoms with Crippen LogP contribution in [-0.4, -0.2) is 30.8 Å². The Morgan fingerprint density at radius 2 is 2.35 bits per heavy atom. The van der Waals surface area contributed by atoms with Gasteiger partial charge in [-0.3, -0.25) is 4.79 Å². The predicted molar refractivity (Wildman–Crippen MR) is 78.0 cm³/mol. The number of hydrogen-bond donors (Lipinski definition) is 2. The Kier molecular flexibility index (Phi) is 5.01. The molecule has 0 saturated carbocycles. The molecule has 1 amide bonds. The quantitative estimate of drug-likeness (QED) is 0.865. The van der Waals surface area contributed by atoms with Gasteiger partial charge in [0.2, 0.25) is 5.91 Å². The van der Waals surface area contributed by atoms with Gasteiger partial charge < -0.3 is 15.2 Å². The highest BCUT2D eigenvalue weighted by Crippen LogP contribution is 2.35. The Hall–Kier alpha value is -1.55. The van der Waals surface area contributed by atoms with E-state index in [-0.39, 0.29) is 11.8 Å². The molecule has 0 saturated heterocycles. The summed E-state index contributed by atoms with van der Waals surface area (Å²) in [4.78, 5) is 11.9. The third kappa shape index (κ3) is 3.73. The SMILES string of the molecule is COc1ccc2c(c1)CCCC2CC(=O)NCC(C)O. The average Bonchev–Trinajstić information content (AvgIpc) is 2.45. The molecule has 0 heterocycles. The summed E-state index contributed by atoms with van der Waals surface area (Å²) in [6, 6.07) is 6.12. The van der Waals surface area contributed by atoms with E-state index in [9.17, 15) is 9.90 Å². The number of aliphatic hydroxyl groups excluding tert-OH is 1. The number of hydrogen-bond acceptors (Lipinski definition) is 3. The van der Waals surface area contributed by atoms with Crippen LogP contribution in [0.3, 0.4) is 0 Å². The number of fused-ring (bicyclic) bond motifs is 1. The van der Waals surface area contributed by atoms with E-state index in [1.54, 1.807) is 14.0 Å². The molecule has 2 unspecified atom stereocenters. The van der Waals surface area contributed by atoms with Crippen LogP contribution in [0.25, 0.3) is 0 Å². The van der Waals surface area contributed by atoms with Crippen LogP contribution in [-0.2, 0) is 11.2 Å². The molecule has 1 aliphatic rings. The van der Waals surface area contributed by atoms with E-state index in [1.165, 1.54) is 11.1 Å². The van der Waals surface area contributed by atoms with E-state index in [0.717, 1.165) is 25.0 Å². The fraction of sp³-hybridized carbons (Fsp3) is 0.562. The van der Waals surface area contributed by atoms with Gasteiger partial charge >= 0.3 is 0 Å². The van der Waals surface area contributed by atoms with Gasteiger partial charge in [-0.15, -0.1) is 0 Å². The molecule has 2 rings (SSSR count). The predicted octanol–water partition coefficient (Wildman–Crippen LogP) is 2.00. The Morgan fingerprint density at radius 3 is 3.05 bits per heavy atom. The molecule has 1 aromatic rings. The van der Waals surface area contributed by atoms with Gasteiger partial charge in [0.25, 0.3) is 0 Å². The summed E-state index contributed by atoms with van der Waals surface area (Å²) in [5.74, 6) is 1.17. The van der Waals surface area contributed by atoms with Crippen molar-refractivity contribution in [3.63, 3.8) is 0 Å². The number of ether oxygens (including phenoxy) is 1. The highest BCUT2D eigenvalue weighted by molar-refractivity contribution is 5.77. The van der Waals surface area contributed by atoms with E-state index in [1.807, 2.05) is 6.07 Å². The largest absolute Gasteiger partial charge is 0.497 e. The highest BCUT2D eigenvalue weighted by atomic mass is 16.5. The fourth-order valence-electron chi connectivity index (χ4n) is 2.79. The van der Waals surface area contributed by atoms with Gasteiger partial charge in [0, 0.05) is 13.0 Å². The lowest BCUT2D eigenvalue weighted by molar-refractivity contribution is -0.122. The number of benzene rings is 1. The van der Waals surface area contributed by atoms with Gasteiger partial charge in [0.1, 0.15) is 5.75 Å². The second kappa shape index (κ2) is 6.75. The van der Waals surface area contributed by atoms with Crippen molar-refractivity contribution in [1.29, 1.82) is 0 Å². The molecule has 0 aromatic heterocycles. The first-order valence-electron chi connectivity index (χ1n) is 7.21. The number of aryl methyl sites for hydroxylation is 1. The molecule has 0 fully saturated rings. The van der Waals surface area contributed by atoms with Crippen molar-refractivity contribution in [2.75, 3.05) is 13.7 Å². The van der Waals surface area contributed by atoms with Crippen molar-refractivity contribution < 1.29 is 14.6 Å². The molecule has 4 heteroatoms. The maximum absolute atomic E-state index is 11.9. The first-order chi connectivity index (χ1) is 9.60. The summed E-state index contributed by atoms with van der Waals surface area (Å²) in [5.41, 5.74) is 2.56. The smallest absolute Gasteiger partial charge is 0.220 e. The Morgan fingerprint density at radius 1 is 1.55 bits per heavy atom. The average molecular weight is 277 g/mol.